The number of phenols is 1. The Morgan fingerprint density at radius 2 is 1.79 bits per heavy atom. The highest BCUT2D eigenvalue weighted by molar-refractivity contribution is 5.83. The quantitative estimate of drug-likeness (QED) is 0.347. The number of nitrogens with zero attached hydrogens (tertiary/aromatic N) is 1. The Balaban J connectivity index is 2.83. The van der Waals surface area contributed by atoms with E-state index in [1.165, 1.54) is 12.1 Å². The molecule has 0 aliphatic carbocycles. The van der Waals surface area contributed by atoms with E-state index in [0.717, 1.165) is 6.92 Å². The van der Waals surface area contributed by atoms with Crippen LogP contribution in [0.5, 0.6) is 5.75 Å². The fraction of sp³-hybridized carbons (Fsp3) is 0.333. The molecule has 0 bridgehead atoms. The van der Waals surface area contributed by atoms with E-state index in [1.807, 2.05) is 0 Å². The lowest BCUT2D eigenvalue weighted by molar-refractivity contribution is -0.254. The molecule has 0 fully saturated rings. The summed E-state index contributed by atoms with van der Waals surface area (Å²) in [5, 5.41) is 37.0. The molecule has 1 amide bonds. The van der Waals surface area contributed by atoms with Crippen molar-refractivity contribution in [3.8, 4) is 5.75 Å². The summed E-state index contributed by atoms with van der Waals surface area (Å²) in [7, 11) is 0. The number of aliphatic hydroxyl groups is 1. The Kier molecular flexibility index (Phi) is 4.47. The van der Waals surface area contributed by atoms with Gasteiger partial charge in [-0.2, -0.15) is 5.06 Å². The second-order valence-electron chi connectivity index (χ2n) is 4.12. The zero-order valence-electron chi connectivity index (χ0n) is 10.3. The van der Waals surface area contributed by atoms with E-state index >= 15 is 0 Å². The summed E-state index contributed by atoms with van der Waals surface area (Å²) in [6, 6.07) is 5.92. The summed E-state index contributed by atoms with van der Waals surface area (Å²) in [6.45, 7) is 0.939. The van der Waals surface area contributed by atoms with Gasteiger partial charge in [-0.1, -0.05) is 12.1 Å². The number of carbonyl (C=O) groups is 2. The number of aromatic hydroxyl groups is 1. The summed E-state index contributed by atoms with van der Waals surface area (Å²) >= 11 is 0. The van der Waals surface area contributed by atoms with E-state index in [0.29, 0.717) is 5.56 Å². The number of aliphatic carboxylic acids is 1. The molecule has 1 aromatic carbocycles. The molecule has 7 heteroatoms. The lowest BCUT2D eigenvalue weighted by atomic mass is 10.0. The fourth-order valence-electron chi connectivity index (χ4n) is 1.55. The van der Waals surface area contributed by atoms with Crippen LogP contribution in [-0.2, 0) is 16.0 Å². The van der Waals surface area contributed by atoms with Crippen molar-refractivity contribution in [1.29, 1.82) is 0 Å². The summed E-state index contributed by atoms with van der Waals surface area (Å²) in [5.41, 5.74) is -2.03. The molecule has 4 N–H and O–H groups in total. The van der Waals surface area contributed by atoms with Gasteiger partial charge in [0.2, 0.25) is 5.91 Å². The minimum atomic E-state index is -2.68. The van der Waals surface area contributed by atoms with E-state index in [4.69, 9.17) is 10.2 Å². The molecular formula is C12H15NO6. The molecular weight excluding hydrogens is 254 g/mol. The van der Waals surface area contributed by atoms with E-state index < -0.39 is 17.6 Å². The minimum Gasteiger partial charge on any atom is -0.508 e. The predicted octanol–water partition coefficient (Wildman–Crippen LogP) is 0.336. The molecule has 7 nitrogen and oxygen atoms in total. The van der Waals surface area contributed by atoms with Crippen LogP contribution < -0.4 is 0 Å². The zero-order valence-corrected chi connectivity index (χ0v) is 10.3. The number of rotatable bonds is 5. The van der Waals surface area contributed by atoms with Crippen molar-refractivity contribution in [2.24, 2.45) is 0 Å². The zero-order chi connectivity index (χ0) is 14.6. The highest BCUT2D eigenvalue weighted by Crippen LogP contribution is 2.20. The number of carbonyl (C=O) groups excluding carboxylic acids is 1. The second-order valence-corrected chi connectivity index (χ2v) is 4.12. The molecule has 0 spiro atoms. The van der Waals surface area contributed by atoms with Crippen LogP contribution in [0.25, 0.3) is 0 Å². The van der Waals surface area contributed by atoms with Gasteiger partial charge in [0.05, 0.1) is 0 Å². The van der Waals surface area contributed by atoms with Crippen molar-refractivity contribution in [1.82, 2.24) is 5.06 Å². The first-order valence-electron chi connectivity index (χ1n) is 5.50. The third-order valence-electron chi connectivity index (χ3n) is 2.69. The number of carboxylic acid groups (broad SMARTS) is 1. The lowest BCUT2D eigenvalue weighted by Gasteiger charge is -2.30. The first kappa shape index (κ1) is 14.9. The van der Waals surface area contributed by atoms with Gasteiger partial charge in [0.25, 0.3) is 5.72 Å². The Morgan fingerprint density at radius 3 is 2.21 bits per heavy atom. The Hall–Kier alpha value is -2.12. The van der Waals surface area contributed by atoms with Crippen molar-refractivity contribution in [2.75, 3.05) is 0 Å². The molecule has 0 saturated carbocycles. The van der Waals surface area contributed by atoms with E-state index in [2.05, 4.69) is 0 Å². The number of carboxylic acids is 1. The Labute approximate surface area is 109 Å². The molecule has 1 atom stereocenters. The number of aryl methyl sites for hydroxylation is 1. The molecule has 0 heterocycles. The van der Waals surface area contributed by atoms with Gasteiger partial charge in [0.15, 0.2) is 0 Å². The fourth-order valence-corrected chi connectivity index (χ4v) is 1.55. The topological polar surface area (TPSA) is 118 Å². The van der Waals surface area contributed by atoms with Gasteiger partial charge in [-0.3, -0.25) is 10.0 Å². The van der Waals surface area contributed by atoms with Gasteiger partial charge in [0.1, 0.15) is 5.75 Å². The van der Waals surface area contributed by atoms with Crippen LogP contribution >= 0.6 is 0 Å². The van der Waals surface area contributed by atoms with Crippen molar-refractivity contribution < 1.29 is 30.1 Å². The van der Waals surface area contributed by atoms with Crippen LogP contribution in [0, 0.1) is 0 Å². The molecule has 19 heavy (non-hydrogen) atoms. The van der Waals surface area contributed by atoms with Crippen LogP contribution in [0.4, 0.5) is 0 Å². The monoisotopic (exact) mass is 269 g/mol. The maximum atomic E-state index is 11.0. The number of hydrogen-bond donors (Lipinski definition) is 4. The van der Waals surface area contributed by atoms with Crippen LogP contribution in [0.1, 0.15) is 18.9 Å². The predicted molar refractivity (Wildman–Crippen MR) is 63.3 cm³/mol. The number of phenolic OH excluding ortho intramolecular Hbond substituents is 1. The van der Waals surface area contributed by atoms with Crippen LogP contribution in [0.2, 0.25) is 0 Å². The highest BCUT2D eigenvalue weighted by Gasteiger charge is 2.43. The molecule has 0 radical (unpaired) electrons. The van der Waals surface area contributed by atoms with Crippen molar-refractivity contribution >= 4 is 11.9 Å². The SMILES string of the molecule is CC(=O)N(O)[C@@](O)(CCc1ccc(O)cc1)C(=O)O. The molecule has 0 aliphatic heterocycles. The molecule has 0 aromatic heterocycles. The largest absolute Gasteiger partial charge is 0.508 e. The molecule has 0 unspecified atom stereocenters. The van der Waals surface area contributed by atoms with Gasteiger partial charge >= 0.3 is 5.97 Å². The first-order chi connectivity index (χ1) is 8.77. The third-order valence-corrected chi connectivity index (χ3v) is 2.69. The average molecular weight is 269 g/mol. The first-order valence-corrected chi connectivity index (χ1v) is 5.50. The number of amides is 1. The maximum absolute atomic E-state index is 11.0. The van der Waals surface area contributed by atoms with Gasteiger partial charge in [-0.15, -0.1) is 0 Å². The minimum absolute atomic E-state index is 0.0600. The van der Waals surface area contributed by atoms with Gasteiger partial charge < -0.3 is 15.3 Å². The third kappa shape index (κ3) is 3.43. The van der Waals surface area contributed by atoms with Crippen molar-refractivity contribution in [2.45, 2.75) is 25.5 Å². The van der Waals surface area contributed by atoms with Gasteiger partial charge in [0, 0.05) is 13.3 Å². The Bertz CT molecular complexity index is 472. The average Bonchev–Trinajstić information content (AvgIpc) is 2.36. The smallest absolute Gasteiger partial charge is 0.359 e. The van der Waals surface area contributed by atoms with Gasteiger partial charge in [-0.25, -0.2) is 4.79 Å². The van der Waals surface area contributed by atoms with E-state index in [-0.39, 0.29) is 23.7 Å². The van der Waals surface area contributed by atoms with E-state index in [9.17, 15) is 19.9 Å². The standard InChI is InChI=1S/C12H15NO6/c1-8(14)13(19)12(18,11(16)17)7-6-9-2-4-10(15)5-3-9/h2-5,15,18-19H,6-7H2,1H3,(H,16,17)/t12-/m1/s1. The maximum Gasteiger partial charge on any atom is 0.359 e. The summed E-state index contributed by atoms with van der Waals surface area (Å²) < 4.78 is 0. The molecule has 1 rings (SSSR count). The van der Waals surface area contributed by atoms with Crippen molar-refractivity contribution in [3.63, 3.8) is 0 Å². The summed E-state index contributed by atoms with van der Waals surface area (Å²) in [5.74, 6) is -2.63. The van der Waals surface area contributed by atoms with Crippen LogP contribution in [0.15, 0.2) is 24.3 Å². The number of hydroxylamine groups is 2. The van der Waals surface area contributed by atoms with Crippen LogP contribution in [0.3, 0.4) is 0 Å². The number of hydrogen-bond acceptors (Lipinski definition) is 5. The van der Waals surface area contributed by atoms with Crippen LogP contribution in [-0.4, -0.2) is 43.2 Å². The summed E-state index contributed by atoms with van der Waals surface area (Å²) in [6.07, 6.45) is -0.281. The summed E-state index contributed by atoms with van der Waals surface area (Å²) in [4.78, 5) is 22.0. The normalized spacial score (nSPS) is 13.6. The van der Waals surface area contributed by atoms with Crippen molar-refractivity contribution in [3.05, 3.63) is 29.8 Å². The van der Waals surface area contributed by atoms with Gasteiger partial charge in [-0.05, 0) is 24.1 Å². The molecule has 1 aromatic rings. The lowest BCUT2D eigenvalue weighted by Crippen LogP contribution is -2.55. The molecule has 104 valence electrons. The second kappa shape index (κ2) is 5.68. The Morgan fingerprint density at radius 1 is 1.26 bits per heavy atom. The number of benzene rings is 1. The highest BCUT2D eigenvalue weighted by atomic mass is 16.6. The van der Waals surface area contributed by atoms with E-state index in [1.54, 1.807) is 12.1 Å². The molecule has 0 saturated heterocycles. The molecule has 0 aliphatic rings.